The number of benzene rings is 1. The van der Waals surface area contributed by atoms with Crippen LogP contribution in [0.25, 0.3) is 0 Å². The molecule has 0 radical (unpaired) electrons. The molecule has 5 heteroatoms. The zero-order valence-electron chi connectivity index (χ0n) is 5.20. The quantitative estimate of drug-likeness (QED) is 0.726. The zero-order valence-corrected chi connectivity index (χ0v) is 7.65. The fourth-order valence-electron chi connectivity index (χ4n) is 0.626. The summed E-state index contributed by atoms with van der Waals surface area (Å²) in [5.41, 5.74) is 0. The van der Waals surface area contributed by atoms with Crippen molar-refractivity contribution in [2.45, 2.75) is 0 Å². The Morgan fingerprint density at radius 2 is 1.55 bits per heavy atom. The van der Waals surface area contributed by atoms with Gasteiger partial charge in [0.05, 0.1) is 0 Å². The minimum absolute atomic E-state index is 0.501. The van der Waals surface area contributed by atoms with Crippen LogP contribution in [0.2, 0.25) is 0 Å². The van der Waals surface area contributed by atoms with Crippen LogP contribution < -0.4 is 2.81 Å². The van der Waals surface area contributed by atoms with E-state index in [0.717, 1.165) is 0 Å². The van der Waals surface area contributed by atoms with Gasteiger partial charge in [0.15, 0.2) is 0 Å². The fourth-order valence-corrected chi connectivity index (χ4v) is 1.11. The normalized spacial score (nSPS) is 9.64. The van der Waals surface area contributed by atoms with Gasteiger partial charge >= 0.3 is 76.5 Å². The number of rotatable bonds is 1. The molecule has 1 nitrogen and oxygen atoms in total. The first kappa shape index (κ1) is 8.79. The summed E-state index contributed by atoms with van der Waals surface area (Å²) in [6.07, 6.45) is 0. The molecule has 0 aliphatic rings. The van der Waals surface area contributed by atoms with Gasteiger partial charge in [0.2, 0.25) is 0 Å². The molecule has 0 bridgehead atoms. The predicted molar refractivity (Wildman–Crippen MR) is 26.9 cm³/mol. The van der Waals surface area contributed by atoms with Crippen LogP contribution in [0.4, 0.5) is 13.2 Å². The molecule has 0 aliphatic carbocycles. The molecule has 0 saturated carbocycles. The van der Waals surface area contributed by atoms with E-state index in [1.807, 2.05) is 0 Å². The first-order valence-corrected chi connectivity index (χ1v) is 3.63. The van der Waals surface area contributed by atoms with E-state index in [9.17, 15) is 13.2 Å². The van der Waals surface area contributed by atoms with Crippen molar-refractivity contribution in [2.75, 3.05) is 0 Å². The van der Waals surface area contributed by atoms with Gasteiger partial charge in [-0.25, -0.2) is 0 Å². The number of hydrogen-bond donors (Lipinski definition) is 0. The molecule has 0 saturated heterocycles. The summed E-state index contributed by atoms with van der Waals surface area (Å²) < 4.78 is 41.7. The molecule has 1 aromatic rings. The second kappa shape index (κ2) is 3.39. The van der Waals surface area contributed by atoms with Gasteiger partial charge in [0.25, 0.3) is 0 Å². The summed E-state index contributed by atoms with van der Waals surface area (Å²) >= 11 is 0.501. The molecular weight excluding hydrogens is 236 g/mol. The van der Waals surface area contributed by atoms with E-state index in [4.69, 9.17) is 0 Å². The molecule has 0 unspecified atom stereocenters. The number of hydrogen-bond acceptors (Lipinski definition) is 1. The van der Waals surface area contributed by atoms with Crippen LogP contribution in [0.5, 0.6) is 5.75 Å². The van der Waals surface area contributed by atoms with Crippen molar-refractivity contribution in [3.05, 3.63) is 29.6 Å². The zero-order chi connectivity index (χ0) is 8.43. The van der Waals surface area contributed by atoms with Crippen LogP contribution in [0.1, 0.15) is 0 Å². The van der Waals surface area contributed by atoms with Crippen molar-refractivity contribution < 1.29 is 41.1 Å². The average molecular weight is 238 g/mol. The van der Waals surface area contributed by atoms with E-state index < -0.39 is 23.2 Å². The Morgan fingerprint density at radius 3 is 1.91 bits per heavy atom. The Balaban J connectivity index is 3.25. The summed E-state index contributed by atoms with van der Waals surface area (Å²) in [5.74, 6) is -3.50. The second-order valence-electron chi connectivity index (χ2n) is 1.80. The molecule has 1 aromatic carbocycles. The number of halogens is 3. The Labute approximate surface area is 76.6 Å². The Kier molecular flexibility index (Phi) is 2.71. The van der Waals surface area contributed by atoms with E-state index in [2.05, 4.69) is 2.81 Å². The minimum atomic E-state index is -1.01. The second-order valence-corrected chi connectivity index (χ2v) is 2.30. The van der Waals surface area contributed by atoms with E-state index in [-0.39, 0.29) is 0 Å². The molecule has 11 heavy (non-hydrogen) atoms. The van der Waals surface area contributed by atoms with Gasteiger partial charge in [-0.3, -0.25) is 0 Å². The van der Waals surface area contributed by atoms with E-state index in [1.165, 1.54) is 0 Å². The standard InChI is InChI=1S/C6H3F3O.Zr/c7-3-1-4(8)6(10)5(9)2-3;/h1-2,10H;/q;+1/p-1. The van der Waals surface area contributed by atoms with Crippen LogP contribution in [0.3, 0.4) is 0 Å². The van der Waals surface area contributed by atoms with Crippen LogP contribution in [0.15, 0.2) is 12.1 Å². The van der Waals surface area contributed by atoms with Crippen LogP contribution in [-0.4, -0.2) is 0 Å². The molecule has 1 rings (SSSR count). The Hall–Kier alpha value is -0.307. The van der Waals surface area contributed by atoms with Gasteiger partial charge in [-0.15, -0.1) is 0 Å². The predicted octanol–water partition coefficient (Wildman–Crippen LogP) is 1.94. The van der Waals surface area contributed by atoms with Gasteiger partial charge < -0.3 is 0 Å². The van der Waals surface area contributed by atoms with Gasteiger partial charge in [0, 0.05) is 0 Å². The molecule has 57 valence electrons. The van der Waals surface area contributed by atoms with E-state index in [1.54, 1.807) is 0 Å². The summed E-state index contributed by atoms with van der Waals surface area (Å²) in [6.45, 7) is 0. The Morgan fingerprint density at radius 1 is 1.09 bits per heavy atom. The molecule has 0 aromatic heterocycles. The fraction of sp³-hybridized carbons (Fsp3) is 0. The van der Waals surface area contributed by atoms with E-state index in [0.29, 0.717) is 37.3 Å². The first-order chi connectivity index (χ1) is 5.15. The van der Waals surface area contributed by atoms with Gasteiger partial charge in [-0.05, 0) is 0 Å². The van der Waals surface area contributed by atoms with Crippen LogP contribution in [-0.2, 0) is 25.2 Å². The summed E-state index contributed by atoms with van der Waals surface area (Å²) in [5, 5.41) is 0. The maximum atomic E-state index is 12.5. The average Bonchev–Trinajstić information content (AvgIpc) is 1.85. The molecule has 0 fully saturated rings. The Bertz CT molecular complexity index is 254. The molecular formula is C6H2F3OZr. The molecule has 0 heterocycles. The molecule has 0 amide bonds. The van der Waals surface area contributed by atoms with Crippen molar-refractivity contribution in [1.82, 2.24) is 0 Å². The third-order valence-corrected chi connectivity index (χ3v) is 1.57. The summed E-state index contributed by atoms with van der Waals surface area (Å²) in [4.78, 5) is 0. The SMILES string of the molecule is Fc1cc(F)c([O][Zr])c(F)c1. The third kappa shape index (κ3) is 1.83. The van der Waals surface area contributed by atoms with Crippen molar-refractivity contribution in [2.24, 2.45) is 0 Å². The molecule has 0 aliphatic heterocycles. The van der Waals surface area contributed by atoms with Crippen LogP contribution >= 0.6 is 0 Å². The van der Waals surface area contributed by atoms with E-state index >= 15 is 0 Å². The monoisotopic (exact) mass is 237 g/mol. The molecule has 0 N–H and O–H groups in total. The van der Waals surface area contributed by atoms with Crippen molar-refractivity contribution in [3.63, 3.8) is 0 Å². The molecule has 0 spiro atoms. The maximum absolute atomic E-state index is 12.5. The van der Waals surface area contributed by atoms with Crippen molar-refractivity contribution in [1.29, 1.82) is 0 Å². The van der Waals surface area contributed by atoms with Crippen molar-refractivity contribution in [3.8, 4) is 5.75 Å². The third-order valence-electron chi connectivity index (χ3n) is 1.07. The summed E-state index contributed by atoms with van der Waals surface area (Å²) in [6, 6.07) is 1.14. The van der Waals surface area contributed by atoms with Gasteiger partial charge in [0.1, 0.15) is 0 Å². The topological polar surface area (TPSA) is 9.23 Å². The van der Waals surface area contributed by atoms with Crippen molar-refractivity contribution >= 4 is 0 Å². The molecule has 0 atom stereocenters. The van der Waals surface area contributed by atoms with Gasteiger partial charge in [-0.2, -0.15) is 0 Å². The van der Waals surface area contributed by atoms with Gasteiger partial charge in [-0.1, -0.05) is 0 Å². The van der Waals surface area contributed by atoms with Crippen LogP contribution in [0, 0.1) is 17.5 Å². The summed E-state index contributed by atoms with van der Waals surface area (Å²) in [7, 11) is 0. The first-order valence-electron chi connectivity index (χ1n) is 2.63.